The summed E-state index contributed by atoms with van der Waals surface area (Å²) >= 11 is 0. The first-order valence-corrected chi connectivity index (χ1v) is 34.8. The van der Waals surface area contributed by atoms with Gasteiger partial charge in [0.15, 0.2) is 12.6 Å². The molecule has 2 rings (SSSR count). The largest absolute Gasteiger partial charge is 0.394 e. The van der Waals surface area contributed by atoms with Crippen LogP contribution in [0.1, 0.15) is 271 Å². The van der Waals surface area contributed by atoms with Crippen LogP contribution in [0.5, 0.6) is 0 Å². The number of aliphatic hydroxyl groups is 8. The number of carbonyl (C=O) groups excluding carboxylic acids is 1. The van der Waals surface area contributed by atoms with Crippen LogP contribution in [-0.4, -0.2) is 140 Å². The van der Waals surface area contributed by atoms with E-state index in [1.54, 1.807) is 0 Å². The van der Waals surface area contributed by atoms with Gasteiger partial charge < -0.3 is 65.1 Å². The molecule has 2 aliphatic rings. The van der Waals surface area contributed by atoms with E-state index in [4.69, 9.17) is 18.9 Å². The first-order chi connectivity index (χ1) is 42.1. The minimum Gasteiger partial charge on any atom is -0.394 e. The van der Waals surface area contributed by atoms with Crippen LogP contribution < -0.4 is 5.32 Å². The summed E-state index contributed by atoms with van der Waals surface area (Å²) in [5, 5.41) is 87.5. The van der Waals surface area contributed by atoms with Gasteiger partial charge in [-0.05, 0) is 70.6 Å². The molecule has 2 saturated heterocycles. The van der Waals surface area contributed by atoms with Gasteiger partial charge in [0.25, 0.3) is 0 Å². The van der Waals surface area contributed by atoms with E-state index in [-0.39, 0.29) is 12.5 Å². The van der Waals surface area contributed by atoms with Gasteiger partial charge in [-0.3, -0.25) is 4.79 Å². The molecule has 0 saturated carbocycles. The smallest absolute Gasteiger partial charge is 0.220 e. The van der Waals surface area contributed by atoms with Crippen molar-refractivity contribution in [3.63, 3.8) is 0 Å². The van der Waals surface area contributed by atoms with E-state index >= 15 is 0 Å². The number of aliphatic hydroxyl groups excluding tert-OH is 8. The monoisotopic (exact) mass is 1210 g/mol. The SMILES string of the molecule is CC/C=C\C/C=C\C/C=C\C/C=C\C/C=C\C/C=C\C/C=C\CCCCCCCCCCCCCCCCCC(=O)NC(COC1OC(CO)C(OC2OC(CO)C(O)C(O)C2O)C(O)C1O)C(O)CCCCCCCCCCCCCCCCC. The quantitative estimate of drug-likeness (QED) is 0.0204. The molecular weight excluding hydrogens is 1090 g/mol. The predicted molar refractivity (Wildman–Crippen MR) is 350 cm³/mol. The van der Waals surface area contributed by atoms with Crippen LogP contribution in [0.3, 0.4) is 0 Å². The van der Waals surface area contributed by atoms with Crippen molar-refractivity contribution in [1.29, 1.82) is 0 Å². The Labute approximate surface area is 522 Å². The van der Waals surface area contributed by atoms with Gasteiger partial charge in [0.1, 0.15) is 48.8 Å². The maximum absolute atomic E-state index is 13.3. The number of carbonyl (C=O) groups is 1. The maximum Gasteiger partial charge on any atom is 0.220 e. The molecule has 14 heteroatoms. The van der Waals surface area contributed by atoms with Crippen molar-refractivity contribution in [2.24, 2.45) is 0 Å². The standard InChI is InChI=1S/C72H127NO13/c1-3-5-7-9-11-13-15-17-19-20-21-22-23-24-25-26-27-28-29-30-31-32-33-34-35-36-37-38-39-40-42-44-46-48-50-52-54-56-64(77)73-60(61(76)55-53-51-49-47-45-43-41-18-16-14-12-10-8-6-4-2)59-83-71-69(82)67(80)70(63(58-75)85-71)86-72-68(81)66(79)65(78)62(57-74)84-72/h5,7,11,13,17,19,21-22,24-25,27-28,30-31,60-63,65-72,74-76,78-82H,3-4,6,8-10,12,14-16,18,20,23,26,29,32-59H2,1-2H3,(H,73,77)/b7-5-,13-11-,19-17-,22-21-,25-24-,28-27-,31-30-. The molecule has 2 fully saturated rings. The van der Waals surface area contributed by atoms with Gasteiger partial charge >= 0.3 is 0 Å². The Hall–Kier alpha value is -2.83. The molecule has 0 aromatic carbocycles. The van der Waals surface area contributed by atoms with Crippen LogP contribution in [0.25, 0.3) is 0 Å². The highest BCUT2D eigenvalue weighted by Crippen LogP contribution is 2.30. The lowest BCUT2D eigenvalue weighted by Crippen LogP contribution is -2.65. The molecule has 12 atom stereocenters. The summed E-state index contributed by atoms with van der Waals surface area (Å²) in [7, 11) is 0. The normalized spacial score (nSPS) is 23.9. The Morgan fingerprint density at radius 1 is 0.430 bits per heavy atom. The van der Waals surface area contributed by atoms with Gasteiger partial charge in [-0.15, -0.1) is 0 Å². The molecule has 0 aromatic rings. The first kappa shape index (κ1) is 79.3. The lowest BCUT2D eigenvalue weighted by atomic mass is 9.97. The van der Waals surface area contributed by atoms with E-state index in [1.807, 2.05) is 0 Å². The van der Waals surface area contributed by atoms with Crippen molar-refractivity contribution in [3.05, 3.63) is 85.1 Å². The van der Waals surface area contributed by atoms with Gasteiger partial charge in [-0.1, -0.05) is 279 Å². The van der Waals surface area contributed by atoms with E-state index in [2.05, 4.69) is 104 Å². The summed E-state index contributed by atoms with van der Waals surface area (Å²) < 4.78 is 22.9. The molecule has 2 aliphatic heterocycles. The Morgan fingerprint density at radius 3 is 1.23 bits per heavy atom. The van der Waals surface area contributed by atoms with Crippen LogP contribution in [-0.2, 0) is 23.7 Å². The van der Waals surface area contributed by atoms with Crippen LogP contribution in [0.4, 0.5) is 0 Å². The molecule has 14 nitrogen and oxygen atoms in total. The third kappa shape index (κ3) is 40.0. The molecule has 9 N–H and O–H groups in total. The minimum atomic E-state index is -1.78. The number of hydrogen-bond donors (Lipinski definition) is 9. The van der Waals surface area contributed by atoms with Crippen molar-refractivity contribution in [2.75, 3.05) is 19.8 Å². The summed E-state index contributed by atoms with van der Waals surface area (Å²) in [6.45, 7) is 2.76. The summed E-state index contributed by atoms with van der Waals surface area (Å²) in [5.41, 5.74) is 0. The Kier molecular flexibility index (Phi) is 51.8. The topological polar surface area (TPSA) is 228 Å². The zero-order valence-electron chi connectivity index (χ0n) is 54.0. The number of amides is 1. The number of allylic oxidation sites excluding steroid dienone is 14. The molecule has 0 aliphatic carbocycles. The van der Waals surface area contributed by atoms with Gasteiger partial charge in [0.05, 0.1) is 32.0 Å². The highest BCUT2D eigenvalue weighted by molar-refractivity contribution is 5.76. The molecule has 12 unspecified atom stereocenters. The fourth-order valence-corrected chi connectivity index (χ4v) is 11.1. The number of unbranched alkanes of at least 4 members (excludes halogenated alkanes) is 29. The van der Waals surface area contributed by atoms with Crippen molar-refractivity contribution in [1.82, 2.24) is 5.32 Å². The first-order valence-electron chi connectivity index (χ1n) is 34.8. The third-order valence-electron chi connectivity index (χ3n) is 16.6. The van der Waals surface area contributed by atoms with Gasteiger partial charge in [-0.2, -0.15) is 0 Å². The second-order valence-corrected chi connectivity index (χ2v) is 24.3. The molecule has 498 valence electrons. The molecule has 86 heavy (non-hydrogen) atoms. The van der Waals surface area contributed by atoms with Crippen LogP contribution in [0, 0.1) is 0 Å². The van der Waals surface area contributed by atoms with Crippen molar-refractivity contribution in [3.8, 4) is 0 Å². The average Bonchev–Trinajstić information content (AvgIpc) is 1.83. The summed E-state index contributed by atoms with van der Waals surface area (Å²) in [6, 6.07) is -0.832. The minimum absolute atomic E-state index is 0.207. The average molecular weight is 1210 g/mol. The molecule has 0 bridgehead atoms. The zero-order valence-corrected chi connectivity index (χ0v) is 54.0. The highest BCUT2D eigenvalue weighted by Gasteiger charge is 2.51. The fraction of sp³-hybridized carbons (Fsp3) is 0.792. The van der Waals surface area contributed by atoms with E-state index in [0.29, 0.717) is 12.8 Å². The molecule has 0 spiro atoms. The number of ether oxygens (including phenoxy) is 4. The number of nitrogens with one attached hydrogen (secondary N) is 1. The second-order valence-electron chi connectivity index (χ2n) is 24.3. The van der Waals surface area contributed by atoms with E-state index in [0.717, 1.165) is 96.3 Å². The molecule has 1 amide bonds. The Morgan fingerprint density at radius 2 is 0.802 bits per heavy atom. The zero-order chi connectivity index (χ0) is 62.3. The lowest BCUT2D eigenvalue weighted by molar-refractivity contribution is -0.359. The third-order valence-corrected chi connectivity index (χ3v) is 16.6. The van der Waals surface area contributed by atoms with Crippen LogP contribution >= 0.6 is 0 Å². The van der Waals surface area contributed by atoms with Gasteiger partial charge in [-0.25, -0.2) is 0 Å². The van der Waals surface area contributed by atoms with E-state index in [9.17, 15) is 45.6 Å². The van der Waals surface area contributed by atoms with E-state index < -0.39 is 86.8 Å². The maximum atomic E-state index is 13.3. The summed E-state index contributed by atoms with van der Waals surface area (Å²) in [5.74, 6) is -0.207. The highest BCUT2D eigenvalue weighted by atomic mass is 16.7. The molecule has 0 radical (unpaired) electrons. The van der Waals surface area contributed by atoms with Crippen LogP contribution in [0.2, 0.25) is 0 Å². The van der Waals surface area contributed by atoms with Gasteiger partial charge in [0.2, 0.25) is 5.91 Å². The fourth-order valence-electron chi connectivity index (χ4n) is 11.1. The van der Waals surface area contributed by atoms with Crippen LogP contribution in [0.15, 0.2) is 85.1 Å². The number of hydrogen-bond acceptors (Lipinski definition) is 13. The second kappa shape index (κ2) is 56.2. The molecular formula is C72H127NO13. The lowest BCUT2D eigenvalue weighted by Gasteiger charge is -2.46. The summed E-state index contributed by atoms with van der Waals surface area (Å²) in [6.07, 6.45) is 60.3. The Bertz CT molecular complexity index is 1770. The van der Waals surface area contributed by atoms with Gasteiger partial charge in [0, 0.05) is 6.42 Å². The molecule has 0 aromatic heterocycles. The van der Waals surface area contributed by atoms with E-state index in [1.165, 1.54) is 148 Å². The van der Waals surface area contributed by atoms with Crippen molar-refractivity contribution < 1.29 is 64.6 Å². The summed E-state index contributed by atoms with van der Waals surface area (Å²) in [4.78, 5) is 13.3. The Balaban J connectivity index is 1.60. The predicted octanol–water partition coefficient (Wildman–Crippen LogP) is 14.0. The number of rotatable bonds is 56. The molecule has 2 heterocycles. The van der Waals surface area contributed by atoms with Crippen molar-refractivity contribution in [2.45, 2.75) is 344 Å². The van der Waals surface area contributed by atoms with Crippen molar-refractivity contribution >= 4 is 5.91 Å².